The Morgan fingerprint density at radius 2 is 2.27 bits per heavy atom. The highest BCUT2D eigenvalue weighted by Crippen LogP contribution is 2.23. The van der Waals surface area contributed by atoms with Crippen LogP contribution < -0.4 is 0 Å². The normalized spacial score (nSPS) is 24.3. The molecule has 1 aliphatic rings. The quantitative estimate of drug-likeness (QED) is 0.736. The minimum atomic E-state index is -0.639. The van der Waals surface area contributed by atoms with Gasteiger partial charge in [-0.3, -0.25) is 9.69 Å². The molecule has 0 amide bonds. The molecule has 1 rings (SSSR count). The Balaban J connectivity index is 2.46. The number of nitrogens with zero attached hydrogens (tertiary/aromatic N) is 1. The molecular weight excluding hydrogens is 190 g/mol. The Kier molecular flexibility index (Phi) is 5.09. The molecule has 3 heteroatoms. The lowest BCUT2D eigenvalue weighted by atomic mass is 10.1. The molecule has 0 radical (unpaired) electrons. The number of likely N-dealkylation sites (tertiary alicyclic amines) is 1. The van der Waals surface area contributed by atoms with Gasteiger partial charge in [0.05, 0.1) is 0 Å². The maximum atomic E-state index is 11.1. The molecule has 15 heavy (non-hydrogen) atoms. The smallest absolute Gasteiger partial charge is 0.320 e. The lowest BCUT2D eigenvalue weighted by Crippen LogP contribution is -2.39. The molecule has 2 atom stereocenters. The van der Waals surface area contributed by atoms with E-state index in [-0.39, 0.29) is 6.04 Å². The van der Waals surface area contributed by atoms with Crippen molar-refractivity contribution in [3.63, 3.8) is 0 Å². The zero-order valence-electron chi connectivity index (χ0n) is 9.91. The maximum Gasteiger partial charge on any atom is 0.320 e. The predicted octanol–water partition coefficient (Wildman–Crippen LogP) is 2.36. The van der Waals surface area contributed by atoms with Crippen LogP contribution in [0.4, 0.5) is 0 Å². The van der Waals surface area contributed by atoms with Gasteiger partial charge in [0.2, 0.25) is 0 Å². The van der Waals surface area contributed by atoms with Crippen molar-refractivity contribution in [1.29, 1.82) is 0 Å². The highest BCUT2D eigenvalue weighted by molar-refractivity contribution is 5.73. The number of carboxylic acids is 1. The number of hydrogen-bond acceptors (Lipinski definition) is 2. The van der Waals surface area contributed by atoms with E-state index in [0.29, 0.717) is 5.92 Å². The van der Waals surface area contributed by atoms with E-state index >= 15 is 0 Å². The second-order valence-electron chi connectivity index (χ2n) is 4.55. The molecule has 3 nitrogen and oxygen atoms in total. The van der Waals surface area contributed by atoms with Crippen LogP contribution in [0.1, 0.15) is 46.0 Å². The molecule has 1 N–H and O–H groups in total. The molecule has 0 bridgehead atoms. The van der Waals surface area contributed by atoms with E-state index in [1.807, 2.05) is 0 Å². The van der Waals surface area contributed by atoms with E-state index < -0.39 is 5.97 Å². The topological polar surface area (TPSA) is 40.5 Å². The number of hydrogen-bond donors (Lipinski definition) is 1. The van der Waals surface area contributed by atoms with Gasteiger partial charge in [0.25, 0.3) is 0 Å². The summed E-state index contributed by atoms with van der Waals surface area (Å²) in [7, 11) is 0. The Labute approximate surface area is 92.5 Å². The number of unbranched alkanes of at least 4 members (excludes halogenated alkanes) is 1. The molecule has 0 spiro atoms. The van der Waals surface area contributed by atoms with Crippen molar-refractivity contribution in [2.24, 2.45) is 5.92 Å². The Morgan fingerprint density at radius 1 is 1.53 bits per heavy atom. The highest BCUT2D eigenvalue weighted by atomic mass is 16.4. The van der Waals surface area contributed by atoms with Crippen LogP contribution in [-0.4, -0.2) is 35.1 Å². The van der Waals surface area contributed by atoms with Gasteiger partial charge in [0.15, 0.2) is 0 Å². The molecule has 1 fully saturated rings. The first-order valence-electron chi connectivity index (χ1n) is 6.15. The zero-order chi connectivity index (χ0) is 11.3. The first kappa shape index (κ1) is 12.5. The van der Waals surface area contributed by atoms with Gasteiger partial charge in [-0.2, -0.15) is 0 Å². The third-order valence-corrected chi connectivity index (χ3v) is 3.45. The van der Waals surface area contributed by atoms with E-state index in [9.17, 15) is 9.90 Å². The van der Waals surface area contributed by atoms with Gasteiger partial charge in [-0.25, -0.2) is 0 Å². The monoisotopic (exact) mass is 213 g/mol. The molecule has 88 valence electrons. The van der Waals surface area contributed by atoms with Gasteiger partial charge in [-0.05, 0) is 25.3 Å². The van der Waals surface area contributed by atoms with Gasteiger partial charge >= 0.3 is 5.97 Å². The average Bonchev–Trinajstić information content (AvgIpc) is 2.66. The van der Waals surface area contributed by atoms with Crippen molar-refractivity contribution in [2.75, 3.05) is 13.1 Å². The van der Waals surface area contributed by atoms with Gasteiger partial charge < -0.3 is 5.11 Å². The van der Waals surface area contributed by atoms with Crippen LogP contribution in [-0.2, 0) is 4.79 Å². The van der Waals surface area contributed by atoms with Gasteiger partial charge in [0, 0.05) is 6.54 Å². The second-order valence-corrected chi connectivity index (χ2v) is 4.55. The van der Waals surface area contributed by atoms with Crippen LogP contribution in [0, 0.1) is 5.92 Å². The molecule has 0 saturated carbocycles. The van der Waals surface area contributed by atoms with Crippen LogP contribution in [0.3, 0.4) is 0 Å². The van der Waals surface area contributed by atoms with Crippen molar-refractivity contribution in [3.05, 3.63) is 0 Å². The number of carbonyl (C=O) groups is 1. The van der Waals surface area contributed by atoms with Gasteiger partial charge in [-0.15, -0.1) is 0 Å². The highest BCUT2D eigenvalue weighted by Gasteiger charge is 2.30. The fourth-order valence-corrected chi connectivity index (χ4v) is 2.34. The molecular formula is C12H23NO2. The van der Waals surface area contributed by atoms with E-state index in [1.54, 1.807) is 0 Å². The summed E-state index contributed by atoms with van der Waals surface area (Å²) in [6, 6.07) is -0.235. The largest absolute Gasteiger partial charge is 0.480 e. The molecule has 0 aromatic heterocycles. The molecule has 1 aliphatic heterocycles. The van der Waals surface area contributed by atoms with Gasteiger partial charge in [-0.1, -0.05) is 33.1 Å². The van der Waals surface area contributed by atoms with E-state index in [4.69, 9.17) is 0 Å². The fraction of sp³-hybridized carbons (Fsp3) is 0.917. The number of carboxylic acid groups (broad SMARTS) is 1. The zero-order valence-corrected chi connectivity index (χ0v) is 9.91. The maximum absolute atomic E-state index is 11.1. The summed E-state index contributed by atoms with van der Waals surface area (Å²) < 4.78 is 0. The van der Waals surface area contributed by atoms with Crippen molar-refractivity contribution in [3.8, 4) is 0 Å². The number of rotatable bonds is 6. The summed E-state index contributed by atoms with van der Waals surface area (Å²) in [5.41, 5.74) is 0. The first-order chi connectivity index (χ1) is 7.19. The third-order valence-electron chi connectivity index (χ3n) is 3.45. The minimum absolute atomic E-state index is 0.235. The SMILES string of the molecule is CCCCC(C(=O)O)N1CCC(CC)C1. The van der Waals surface area contributed by atoms with Crippen LogP contribution in [0.2, 0.25) is 0 Å². The van der Waals surface area contributed by atoms with Crippen LogP contribution in [0.5, 0.6) is 0 Å². The van der Waals surface area contributed by atoms with Crippen molar-refractivity contribution < 1.29 is 9.90 Å². The van der Waals surface area contributed by atoms with Crippen LogP contribution in [0.15, 0.2) is 0 Å². The molecule has 1 saturated heterocycles. The van der Waals surface area contributed by atoms with Gasteiger partial charge in [0.1, 0.15) is 6.04 Å². The fourth-order valence-electron chi connectivity index (χ4n) is 2.34. The summed E-state index contributed by atoms with van der Waals surface area (Å²) >= 11 is 0. The summed E-state index contributed by atoms with van der Waals surface area (Å²) in [6.07, 6.45) is 5.25. The number of aliphatic carboxylic acids is 1. The third kappa shape index (κ3) is 3.49. The molecule has 1 heterocycles. The van der Waals surface area contributed by atoms with Crippen molar-refractivity contribution in [1.82, 2.24) is 4.90 Å². The molecule has 0 aromatic carbocycles. The summed E-state index contributed by atoms with van der Waals surface area (Å²) in [4.78, 5) is 13.3. The molecule has 0 aromatic rings. The Hall–Kier alpha value is -0.570. The minimum Gasteiger partial charge on any atom is -0.480 e. The summed E-state index contributed by atoms with van der Waals surface area (Å²) in [6.45, 7) is 6.25. The average molecular weight is 213 g/mol. The Bertz CT molecular complexity index is 206. The van der Waals surface area contributed by atoms with E-state index in [2.05, 4.69) is 18.7 Å². The first-order valence-corrected chi connectivity index (χ1v) is 6.15. The second kappa shape index (κ2) is 6.11. The van der Waals surface area contributed by atoms with Crippen molar-refractivity contribution >= 4 is 5.97 Å². The van der Waals surface area contributed by atoms with Crippen LogP contribution in [0.25, 0.3) is 0 Å². The van der Waals surface area contributed by atoms with E-state index in [1.165, 1.54) is 12.8 Å². The lowest BCUT2D eigenvalue weighted by molar-refractivity contribution is -0.143. The Morgan fingerprint density at radius 3 is 2.73 bits per heavy atom. The summed E-state index contributed by atoms with van der Waals surface area (Å²) in [5.74, 6) is 0.0775. The van der Waals surface area contributed by atoms with Crippen molar-refractivity contribution in [2.45, 2.75) is 52.0 Å². The predicted molar refractivity (Wildman–Crippen MR) is 60.9 cm³/mol. The lowest BCUT2D eigenvalue weighted by Gasteiger charge is -2.24. The summed E-state index contributed by atoms with van der Waals surface area (Å²) in [5, 5.41) is 9.18. The molecule has 2 unspecified atom stereocenters. The standard InChI is InChI=1S/C12H23NO2/c1-3-5-6-11(12(14)15)13-8-7-10(4-2)9-13/h10-11H,3-9H2,1-2H3,(H,14,15). The van der Waals surface area contributed by atoms with Crippen LogP contribution >= 0.6 is 0 Å². The van der Waals surface area contributed by atoms with E-state index in [0.717, 1.165) is 32.4 Å². The molecule has 0 aliphatic carbocycles.